The molecule has 2 amide bonds. The maximum absolute atomic E-state index is 12.4. The summed E-state index contributed by atoms with van der Waals surface area (Å²) < 4.78 is 0. The summed E-state index contributed by atoms with van der Waals surface area (Å²) in [6.45, 7) is 2.02. The highest BCUT2D eigenvalue weighted by molar-refractivity contribution is 6.35. The van der Waals surface area contributed by atoms with E-state index in [0.717, 1.165) is 11.1 Å². The Morgan fingerprint density at radius 2 is 2.09 bits per heavy atom. The molecule has 6 heteroatoms. The van der Waals surface area contributed by atoms with E-state index in [1.807, 2.05) is 6.92 Å². The van der Waals surface area contributed by atoms with Crippen molar-refractivity contribution >= 4 is 29.2 Å². The van der Waals surface area contributed by atoms with Gasteiger partial charge in [0, 0.05) is 29.6 Å². The topological polar surface area (TPSA) is 52.6 Å². The first-order valence-corrected chi connectivity index (χ1v) is 8.33. The van der Waals surface area contributed by atoms with Crippen molar-refractivity contribution in [3.63, 3.8) is 0 Å². The lowest BCUT2D eigenvalue weighted by Crippen LogP contribution is -2.46. The average Bonchev–Trinajstić information content (AvgIpc) is 3.22. The van der Waals surface area contributed by atoms with Gasteiger partial charge >= 0.3 is 6.03 Å². The molecule has 3 atom stereocenters. The lowest BCUT2D eigenvalue weighted by molar-refractivity contribution is 0.0882. The molecule has 3 rings (SSSR count). The van der Waals surface area contributed by atoms with Gasteiger partial charge in [-0.2, -0.15) is 0 Å². The number of fused-ring (bicyclic) bond motifs is 1. The number of hydrogen-bond donors (Lipinski definition) is 2. The van der Waals surface area contributed by atoms with E-state index >= 15 is 0 Å². The molecule has 0 unspecified atom stereocenters. The van der Waals surface area contributed by atoms with E-state index in [1.54, 1.807) is 24.1 Å². The number of amides is 2. The molecule has 0 saturated heterocycles. The van der Waals surface area contributed by atoms with Gasteiger partial charge in [-0.05, 0) is 48.9 Å². The van der Waals surface area contributed by atoms with Gasteiger partial charge in [0.1, 0.15) is 0 Å². The number of aliphatic hydroxyl groups is 1. The summed E-state index contributed by atoms with van der Waals surface area (Å²) in [4.78, 5) is 14.0. The summed E-state index contributed by atoms with van der Waals surface area (Å²) in [5.41, 5.74) is 1.71. The molecule has 0 heterocycles. The fourth-order valence-electron chi connectivity index (χ4n) is 3.23. The molecular weight excluding hydrogens is 323 g/mol. The average molecular weight is 343 g/mol. The molecule has 120 valence electrons. The molecule has 1 fully saturated rings. The number of halogens is 2. The number of hydrogen-bond acceptors (Lipinski definition) is 2. The molecule has 2 aliphatic carbocycles. The van der Waals surface area contributed by atoms with E-state index in [1.165, 1.54) is 12.8 Å². The molecule has 1 aromatic rings. The van der Waals surface area contributed by atoms with Crippen LogP contribution in [-0.4, -0.2) is 35.2 Å². The molecule has 1 saturated carbocycles. The van der Waals surface area contributed by atoms with Gasteiger partial charge in [0.15, 0.2) is 0 Å². The molecule has 1 aromatic carbocycles. The lowest BCUT2D eigenvalue weighted by atomic mass is 10.1. The second-order valence-corrected chi connectivity index (χ2v) is 7.20. The number of nitrogens with one attached hydrogen (secondary N) is 1. The summed E-state index contributed by atoms with van der Waals surface area (Å²) in [6.07, 6.45) is 2.11. The molecule has 0 spiro atoms. The Bertz CT molecular complexity index is 604. The zero-order valence-corrected chi connectivity index (χ0v) is 14.2. The van der Waals surface area contributed by atoms with E-state index in [9.17, 15) is 9.90 Å². The normalized spacial score (nSPS) is 24.8. The van der Waals surface area contributed by atoms with Crippen molar-refractivity contribution in [2.75, 3.05) is 7.05 Å². The largest absolute Gasteiger partial charge is 0.390 e. The van der Waals surface area contributed by atoms with Crippen LogP contribution in [0.1, 0.15) is 36.9 Å². The van der Waals surface area contributed by atoms with Crippen LogP contribution in [0.5, 0.6) is 0 Å². The first kappa shape index (κ1) is 15.9. The van der Waals surface area contributed by atoms with E-state index in [-0.39, 0.29) is 12.1 Å². The van der Waals surface area contributed by atoms with Crippen molar-refractivity contribution in [3.8, 4) is 0 Å². The number of nitrogens with zero attached hydrogens (tertiary/aromatic N) is 1. The number of benzene rings is 1. The van der Waals surface area contributed by atoms with Crippen molar-refractivity contribution in [2.24, 2.45) is 5.92 Å². The van der Waals surface area contributed by atoms with Crippen molar-refractivity contribution in [3.05, 3.63) is 33.3 Å². The molecule has 0 aromatic heterocycles. The number of likely N-dealkylation sites (N-methyl/N-ethyl adjacent to an activating group) is 1. The quantitative estimate of drug-likeness (QED) is 0.884. The standard InChI is InChI=1S/C16H20Cl2N2O2/c1-8(9-3-4-9)19-16(22)20(2)15-12-5-10(17)6-13(18)11(12)7-14(15)21/h5-6,8-9,14-15,21H,3-4,7H2,1-2H3,(H,19,22)/t8-,14+,15+/m0/s1. The maximum atomic E-state index is 12.4. The molecular formula is C16H20Cl2N2O2. The zero-order valence-electron chi connectivity index (χ0n) is 12.6. The minimum Gasteiger partial charge on any atom is -0.390 e. The number of carbonyl (C=O) groups is 1. The highest BCUT2D eigenvalue weighted by Crippen LogP contribution is 2.41. The predicted molar refractivity (Wildman–Crippen MR) is 87.4 cm³/mol. The zero-order chi connectivity index (χ0) is 16.0. The van der Waals surface area contributed by atoms with Crippen LogP contribution in [-0.2, 0) is 6.42 Å². The molecule has 0 radical (unpaired) electrons. The highest BCUT2D eigenvalue weighted by Gasteiger charge is 2.38. The second-order valence-electron chi connectivity index (χ2n) is 6.36. The molecule has 4 nitrogen and oxygen atoms in total. The van der Waals surface area contributed by atoms with Crippen LogP contribution in [0.4, 0.5) is 4.79 Å². The summed E-state index contributed by atoms with van der Waals surface area (Å²) in [6, 6.07) is 3.03. The third-order valence-electron chi connectivity index (χ3n) is 4.71. The number of rotatable bonds is 3. The minimum absolute atomic E-state index is 0.163. The van der Waals surface area contributed by atoms with Crippen LogP contribution in [0.15, 0.2) is 12.1 Å². The summed E-state index contributed by atoms with van der Waals surface area (Å²) >= 11 is 12.3. The fraction of sp³-hybridized carbons (Fsp3) is 0.562. The van der Waals surface area contributed by atoms with E-state index < -0.39 is 12.1 Å². The third kappa shape index (κ3) is 2.92. The number of aliphatic hydroxyl groups excluding tert-OH is 1. The van der Waals surface area contributed by atoms with Gasteiger partial charge in [-0.15, -0.1) is 0 Å². The van der Waals surface area contributed by atoms with Crippen molar-refractivity contribution in [2.45, 2.75) is 44.4 Å². The maximum Gasteiger partial charge on any atom is 0.317 e. The van der Waals surface area contributed by atoms with Gasteiger partial charge < -0.3 is 15.3 Å². The summed E-state index contributed by atoms with van der Waals surface area (Å²) in [5.74, 6) is 0.585. The smallest absolute Gasteiger partial charge is 0.317 e. The molecule has 2 N–H and O–H groups in total. The Balaban J connectivity index is 1.81. The lowest BCUT2D eigenvalue weighted by Gasteiger charge is -2.29. The Kier molecular flexibility index (Phi) is 4.27. The first-order chi connectivity index (χ1) is 10.4. The van der Waals surface area contributed by atoms with E-state index in [0.29, 0.717) is 22.4 Å². The Hall–Kier alpha value is -0.970. The van der Waals surface area contributed by atoms with Gasteiger partial charge in [-0.3, -0.25) is 0 Å². The fourth-order valence-corrected chi connectivity index (χ4v) is 3.82. The van der Waals surface area contributed by atoms with Gasteiger partial charge in [-0.1, -0.05) is 23.2 Å². The van der Waals surface area contributed by atoms with Crippen LogP contribution >= 0.6 is 23.2 Å². The number of carbonyl (C=O) groups excluding carboxylic acids is 1. The molecule has 0 bridgehead atoms. The summed E-state index contributed by atoms with van der Waals surface area (Å²) in [5, 5.41) is 14.4. The Labute approximate surface area is 140 Å². The minimum atomic E-state index is -0.669. The van der Waals surface area contributed by atoms with E-state index in [2.05, 4.69) is 5.32 Å². The molecule has 2 aliphatic rings. The van der Waals surface area contributed by atoms with Crippen molar-refractivity contribution < 1.29 is 9.90 Å². The van der Waals surface area contributed by atoms with Crippen molar-refractivity contribution in [1.29, 1.82) is 0 Å². The summed E-state index contributed by atoms with van der Waals surface area (Å²) in [7, 11) is 1.70. The van der Waals surface area contributed by atoms with Gasteiger partial charge in [0.2, 0.25) is 0 Å². The monoisotopic (exact) mass is 342 g/mol. The molecule has 0 aliphatic heterocycles. The highest BCUT2D eigenvalue weighted by atomic mass is 35.5. The van der Waals surface area contributed by atoms with Gasteiger partial charge in [-0.25, -0.2) is 4.79 Å². The van der Waals surface area contributed by atoms with Crippen LogP contribution in [0, 0.1) is 5.92 Å². The first-order valence-electron chi connectivity index (χ1n) is 7.57. The van der Waals surface area contributed by atoms with Crippen LogP contribution < -0.4 is 5.32 Å². The van der Waals surface area contributed by atoms with E-state index in [4.69, 9.17) is 23.2 Å². The Morgan fingerprint density at radius 3 is 2.73 bits per heavy atom. The van der Waals surface area contributed by atoms with Gasteiger partial charge in [0.05, 0.1) is 12.1 Å². The SMILES string of the molecule is C[C@H](NC(=O)N(C)[C@@H]1c2cc(Cl)cc(Cl)c2C[C@H]1O)C1CC1. The van der Waals surface area contributed by atoms with Gasteiger partial charge in [0.25, 0.3) is 0 Å². The number of urea groups is 1. The van der Waals surface area contributed by atoms with Crippen molar-refractivity contribution in [1.82, 2.24) is 10.2 Å². The molecule has 22 heavy (non-hydrogen) atoms. The second kappa shape index (κ2) is 5.91. The van der Waals surface area contributed by atoms with Crippen LogP contribution in [0.25, 0.3) is 0 Å². The Morgan fingerprint density at radius 1 is 1.41 bits per heavy atom. The third-order valence-corrected chi connectivity index (χ3v) is 5.26. The predicted octanol–water partition coefficient (Wildman–Crippen LogP) is 3.39. The van der Waals surface area contributed by atoms with Crippen LogP contribution in [0.2, 0.25) is 10.0 Å². The van der Waals surface area contributed by atoms with Crippen LogP contribution in [0.3, 0.4) is 0 Å².